The topological polar surface area (TPSA) is 61.7 Å². The maximum absolute atomic E-state index is 9.09. The van der Waals surface area contributed by atoms with E-state index in [4.69, 9.17) is 10.00 Å². The van der Waals surface area contributed by atoms with Crippen molar-refractivity contribution >= 4 is 0 Å². The molecule has 0 aliphatic heterocycles. The third-order valence-electron chi connectivity index (χ3n) is 2.84. The van der Waals surface area contributed by atoms with Crippen LogP contribution in [0.25, 0.3) is 11.3 Å². The number of benzene rings is 1. The van der Waals surface area contributed by atoms with E-state index in [1.165, 1.54) is 0 Å². The van der Waals surface area contributed by atoms with E-state index in [1.54, 1.807) is 13.3 Å². The summed E-state index contributed by atoms with van der Waals surface area (Å²) in [6.45, 7) is 3.66. The second-order valence-corrected chi connectivity index (χ2v) is 4.58. The lowest BCUT2D eigenvalue weighted by atomic mass is 9.95. The Morgan fingerprint density at radius 2 is 2.06 bits per heavy atom. The van der Waals surface area contributed by atoms with Crippen LogP contribution in [-0.4, -0.2) is 17.1 Å². The highest BCUT2D eigenvalue weighted by Crippen LogP contribution is 2.29. The van der Waals surface area contributed by atoms with E-state index in [1.807, 2.05) is 38.1 Å². The van der Waals surface area contributed by atoms with Gasteiger partial charge in [0.2, 0.25) is 0 Å². The lowest BCUT2D eigenvalue weighted by molar-refractivity contribution is 0.416. The maximum Gasteiger partial charge on any atom is 0.128 e. The summed E-state index contributed by atoms with van der Waals surface area (Å²) in [6.07, 6.45) is 1.73. The molecule has 0 atom stereocenters. The number of aromatic amines is 1. The predicted octanol–water partition coefficient (Wildman–Crippen LogP) is 2.89. The van der Waals surface area contributed by atoms with Crippen molar-refractivity contribution in [2.24, 2.45) is 0 Å². The Kier molecular flexibility index (Phi) is 3.07. The molecule has 2 aromatic rings. The molecule has 0 amide bonds. The number of para-hydroxylation sites is 1. The van der Waals surface area contributed by atoms with Gasteiger partial charge in [-0.25, -0.2) is 4.98 Å². The fourth-order valence-electron chi connectivity index (χ4n) is 1.70. The smallest absolute Gasteiger partial charge is 0.128 e. The van der Waals surface area contributed by atoms with Gasteiger partial charge in [0, 0.05) is 5.56 Å². The van der Waals surface area contributed by atoms with Gasteiger partial charge in [0.1, 0.15) is 17.0 Å². The predicted molar refractivity (Wildman–Crippen MR) is 69.2 cm³/mol. The summed E-state index contributed by atoms with van der Waals surface area (Å²) in [5, 5.41) is 9.09. The van der Waals surface area contributed by atoms with Crippen LogP contribution in [0, 0.1) is 11.3 Å². The standard InChI is InChI=1S/C14H15N3O/c1-14(2,9-15)13-16-8-11(17-13)10-6-4-5-7-12(10)18-3/h4-8H,1-3H3,(H,16,17). The molecule has 0 fully saturated rings. The molecule has 18 heavy (non-hydrogen) atoms. The quantitative estimate of drug-likeness (QED) is 0.898. The number of rotatable bonds is 3. The van der Waals surface area contributed by atoms with Gasteiger partial charge in [-0.05, 0) is 26.0 Å². The molecule has 1 heterocycles. The number of imidazole rings is 1. The van der Waals surface area contributed by atoms with Crippen molar-refractivity contribution in [2.75, 3.05) is 7.11 Å². The average Bonchev–Trinajstić information content (AvgIpc) is 2.89. The average molecular weight is 241 g/mol. The normalized spacial score (nSPS) is 11.0. The molecule has 0 radical (unpaired) electrons. The molecular weight excluding hydrogens is 226 g/mol. The number of hydrogen-bond acceptors (Lipinski definition) is 3. The van der Waals surface area contributed by atoms with Gasteiger partial charge in [0.05, 0.1) is 25.1 Å². The molecule has 0 bridgehead atoms. The SMILES string of the molecule is COc1ccccc1-c1cnc(C(C)(C)C#N)[nH]1. The molecule has 0 aliphatic rings. The number of aromatic nitrogens is 2. The van der Waals surface area contributed by atoms with Gasteiger partial charge >= 0.3 is 0 Å². The lowest BCUT2D eigenvalue weighted by Gasteiger charge is -2.11. The molecule has 4 nitrogen and oxygen atoms in total. The monoisotopic (exact) mass is 241 g/mol. The van der Waals surface area contributed by atoms with Gasteiger partial charge in [-0.15, -0.1) is 0 Å². The highest BCUT2D eigenvalue weighted by atomic mass is 16.5. The van der Waals surface area contributed by atoms with Crippen molar-refractivity contribution in [3.8, 4) is 23.1 Å². The zero-order valence-electron chi connectivity index (χ0n) is 10.7. The first-order valence-electron chi connectivity index (χ1n) is 5.68. The Morgan fingerprint density at radius 1 is 1.33 bits per heavy atom. The van der Waals surface area contributed by atoms with Crippen LogP contribution in [0.5, 0.6) is 5.75 Å². The molecule has 0 spiro atoms. The van der Waals surface area contributed by atoms with Crippen LogP contribution in [0.2, 0.25) is 0 Å². The highest BCUT2D eigenvalue weighted by molar-refractivity contribution is 5.66. The number of ether oxygens (including phenoxy) is 1. The zero-order valence-corrected chi connectivity index (χ0v) is 10.7. The first kappa shape index (κ1) is 12.2. The molecule has 0 unspecified atom stereocenters. The third kappa shape index (κ3) is 2.07. The number of methoxy groups -OCH3 is 1. The van der Waals surface area contributed by atoms with Crippen molar-refractivity contribution in [1.29, 1.82) is 5.26 Å². The van der Waals surface area contributed by atoms with E-state index < -0.39 is 5.41 Å². The second-order valence-electron chi connectivity index (χ2n) is 4.58. The number of hydrogen-bond donors (Lipinski definition) is 1. The minimum Gasteiger partial charge on any atom is -0.496 e. The van der Waals surface area contributed by atoms with E-state index in [0.29, 0.717) is 5.82 Å². The number of nitrogens with one attached hydrogen (secondary N) is 1. The highest BCUT2D eigenvalue weighted by Gasteiger charge is 2.23. The van der Waals surface area contributed by atoms with Crippen LogP contribution in [0.4, 0.5) is 0 Å². The van der Waals surface area contributed by atoms with Gasteiger partial charge in [0.25, 0.3) is 0 Å². The number of nitriles is 1. The van der Waals surface area contributed by atoms with Crippen LogP contribution < -0.4 is 4.74 Å². The van der Waals surface area contributed by atoms with E-state index in [2.05, 4.69) is 16.0 Å². The Hall–Kier alpha value is -2.28. The first-order chi connectivity index (χ1) is 8.58. The second kappa shape index (κ2) is 4.53. The van der Waals surface area contributed by atoms with Gasteiger partial charge in [0.15, 0.2) is 0 Å². The summed E-state index contributed by atoms with van der Waals surface area (Å²) in [6, 6.07) is 9.93. The first-order valence-corrected chi connectivity index (χ1v) is 5.68. The maximum atomic E-state index is 9.09. The van der Waals surface area contributed by atoms with Gasteiger partial charge in [-0.1, -0.05) is 12.1 Å². The molecule has 2 rings (SSSR count). The van der Waals surface area contributed by atoms with Gasteiger partial charge < -0.3 is 9.72 Å². The molecular formula is C14H15N3O. The van der Waals surface area contributed by atoms with Crippen molar-refractivity contribution in [3.05, 3.63) is 36.3 Å². The Bertz CT molecular complexity index is 593. The summed E-state index contributed by atoms with van der Waals surface area (Å²) in [5.74, 6) is 1.44. The molecule has 1 aromatic heterocycles. The van der Waals surface area contributed by atoms with Crippen molar-refractivity contribution in [3.63, 3.8) is 0 Å². The molecule has 92 valence electrons. The summed E-state index contributed by atoms with van der Waals surface area (Å²) >= 11 is 0. The van der Waals surface area contributed by atoms with Crippen molar-refractivity contribution in [1.82, 2.24) is 9.97 Å². The molecule has 0 saturated carbocycles. The fraction of sp³-hybridized carbons (Fsp3) is 0.286. The molecule has 1 N–H and O–H groups in total. The van der Waals surface area contributed by atoms with Crippen molar-refractivity contribution in [2.45, 2.75) is 19.3 Å². The number of nitrogens with zero attached hydrogens (tertiary/aromatic N) is 2. The van der Waals surface area contributed by atoms with E-state index in [-0.39, 0.29) is 0 Å². The van der Waals surface area contributed by atoms with Gasteiger partial charge in [-0.2, -0.15) is 5.26 Å². The third-order valence-corrected chi connectivity index (χ3v) is 2.84. The van der Waals surface area contributed by atoms with Crippen LogP contribution in [0.1, 0.15) is 19.7 Å². The van der Waals surface area contributed by atoms with Gasteiger partial charge in [-0.3, -0.25) is 0 Å². The minimum absolute atomic E-state index is 0.625. The van der Waals surface area contributed by atoms with E-state index in [9.17, 15) is 0 Å². The van der Waals surface area contributed by atoms with Crippen LogP contribution in [-0.2, 0) is 5.41 Å². The van der Waals surface area contributed by atoms with E-state index in [0.717, 1.165) is 17.0 Å². The fourth-order valence-corrected chi connectivity index (χ4v) is 1.70. The van der Waals surface area contributed by atoms with Crippen LogP contribution in [0.15, 0.2) is 30.5 Å². The summed E-state index contributed by atoms with van der Waals surface area (Å²) in [4.78, 5) is 7.46. The number of H-pyrrole nitrogens is 1. The lowest BCUT2D eigenvalue weighted by Crippen LogP contribution is -2.15. The summed E-state index contributed by atoms with van der Waals surface area (Å²) in [5.41, 5.74) is 1.17. The van der Waals surface area contributed by atoms with Crippen molar-refractivity contribution < 1.29 is 4.74 Å². The van der Waals surface area contributed by atoms with Crippen LogP contribution >= 0.6 is 0 Å². The zero-order chi connectivity index (χ0) is 13.2. The van der Waals surface area contributed by atoms with E-state index >= 15 is 0 Å². The molecule has 1 aromatic carbocycles. The summed E-state index contributed by atoms with van der Waals surface area (Å²) in [7, 11) is 1.63. The Balaban J connectivity index is 2.45. The molecule has 4 heteroatoms. The Labute approximate surface area is 106 Å². The molecule has 0 aliphatic carbocycles. The summed E-state index contributed by atoms with van der Waals surface area (Å²) < 4.78 is 5.31. The molecule has 0 saturated heterocycles. The Morgan fingerprint density at radius 3 is 2.72 bits per heavy atom. The van der Waals surface area contributed by atoms with Crippen LogP contribution in [0.3, 0.4) is 0 Å². The largest absolute Gasteiger partial charge is 0.496 e. The minimum atomic E-state index is -0.625.